The van der Waals surface area contributed by atoms with Crippen LogP contribution in [-0.2, 0) is 9.59 Å². The van der Waals surface area contributed by atoms with E-state index in [0.717, 1.165) is 24.9 Å². The van der Waals surface area contributed by atoms with Crippen molar-refractivity contribution in [2.75, 3.05) is 37.6 Å². The summed E-state index contributed by atoms with van der Waals surface area (Å²) in [5, 5.41) is 9.63. The molecule has 2 heterocycles. The van der Waals surface area contributed by atoms with Crippen molar-refractivity contribution in [3.05, 3.63) is 30.1 Å². The van der Waals surface area contributed by atoms with Crippen LogP contribution in [0, 0.1) is 11.7 Å². The van der Waals surface area contributed by atoms with Crippen LogP contribution in [0.1, 0.15) is 32.1 Å². The van der Waals surface area contributed by atoms with Crippen LogP contribution in [0.4, 0.5) is 10.1 Å². The summed E-state index contributed by atoms with van der Waals surface area (Å²) < 4.78 is 13.1. The number of rotatable bonds is 4. The van der Waals surface area contributed by atoms with E-state index < -0.39 is 12.0 Å². The summed E-state index contributed by atoms with van der Waals surface area (Å²) in [5.41, 5.74) is 0.962. The second kappa shape index (κ2) is 8.07. The summed E-state index contributed by atoms with van der Waals surface area (Å²) >= 11 is 0. The Morgan fingerprint density at radius 1 is 1.04 bits per heavy atom. The van der Waals surface area contributed by atoms with E-state index in [1.54, 1.807) is 12.1 Å². The zero-order chi connectivity index (χ0) is 19.7. The van der Waals surface area contributed by atoms with E-state index in [-0.39, 0.29) is 24.3 Å². The van der Waals surface area contributed by atoms with E-state index in [0.29, 0.717) is 38.5 Å². The smallest absolute Gasteiger partial charge is 0.320 e. The molecule has 0 spiro atoms. The molecule has 152 valence electrons. The highest BCUT2D eigenvalue weighted by atomic mass is 19.1. The highest BCUT2D eigenvalue weighted by molar-refractivity contribution is 5.80. The average Bonchev–Trinajstić information content (AvgIpc) is 3.07. The molecule has 3 atom stereocenters. The Bertz CT molecular complexity index is 718. The monoisotopic (exact) mass is 389 g/mol. The Hall–Kier alpha value is -2.15. The molecule has 1 N–H and O–H groups in total. The Kier molecular flexibility index (Phi) is 5.53. The van der Waals surface area contributed by atoms with E-state index in [9.17, 15) is 19.1 Å². The van der Waals surface area contributed by atoms with Gasteiger partial charge in [-0.25, -0.2) is 4.39 Å². The molecule has 1 aliphatic carbocycles. The third kappa shape index (κ3) is 3.85. The van der Waals surface area contributed by atoms with Gasteiger partial charge >= 0.3 is 5.97 Å². The van der Waals surface area contributed by atoms with Gasteiger partial charge in [0.25, 0.3) is 0 Å². The molecule has 0 radical (unpaired) electrons. The third-order valence-electron chi connectivity index (χ3n) is 6.65. The normalized spacial score (nSPS) is 28.2. The summed E-state index contributed by atoms with van der Waals surface area (Å²) in [7, 11) is 0. The summed E-state index contributed by atoms with van der Waals surface area (Å²) in [5.74, 6) is -0.616. The molecule has 2 aliphatic heterocycles. The fourth-order valence-corrected chi connectivity index (χ4v) is 5.15. The number of amides is 1. The number of carboxylic acids is 1. The van der Waals surface area contributed by atoms with Gasteiger partial charge < -0.3 is 14.9 Å². The maximum Gasteiger partial charge on any atom is 0.320 e. The largest absolute Gasteiger partial charge is 0.480 e. The lowest BCUT2D eigenvalue weighted by molar-refractivity contribution is -0.144. The Morgan fingerprint density at radius 3 is 2.39 bits per heavy atom. The quantitative estimate of drug-likeness (QED) is 0.855. The fraction of sp³-hybridized carbons (Fsp3) is 0.619. The summed E-state index contributed by atoms with van der Waals surface area (Å²) in [6, 6.07) is 6.13. The van der Waals surface area contributed by atoms with Gasteiger partial charge in [0.15, 0.2) is 0 Å². The number of aliphatic carboxylic acids is 1. The van der Waals surface area contributed by atoms with Crippen molar-refractivity contribution in [2.45, 2.75) is 44.2 Å². The van der Waals surface area contributed by atoms with Crippen molar-refractivity contribution >= 4 is 17.6 Å². The topological polar surface area (TPSA) is 64.1 Å². The minimum atomic E-state index is -0.802. The van der Waals surface area contributed by atoms with Gasteiger partial charge in [0.05, 0.1) is 6.54 Å². The van der Waals surface area contributed by atoms with Crippen LogP contribution in [0.2, 0.25) is 0 Å². The molecule has 7 heteroatoms. The number of carbonyl (C=O) groups excluding carboxylic acids is 1. The van der Waals surface area contributed by atoms with E-state index >= 15 is 0 Å². The first kappa shape index (κ1) is 19.2. The van der Waals surface area contributed by atoms with Crippen LogP contribution in [0.5, 0.6) is 0 Å². The van der Waals surface area contributed by atoms with Crippen molar-refractivity contribution in [2.24, 2.45) is 5.92 Å². The lowest BCUT2D eigenvalue weighted by Gasteiger charge is -2.38. The molecule has 0 bridgehead atoms. The molecule has 1 aromatic carbocycles. The van der Waals surface area contributed by atoms with Crippen LogP contribution in [0.15, 0.2) is 24.3 Å². The number of anilines is 1. The number of hydrogen-bond acceptors (Lipinski definition) is 4. The number of carbonyl (C=O) groups is 2. The summed E-state index contributed by atoms with van der Waals surface area (Å²) in [6.45, 7) is 2.82. The van der Waals surface area contributed by atoms with Crippen molar-refractivity contribution in [1.29, 1.82) is 0 Å². The van der Waals surface area contributed by atoms with Crippen LogP contribution in [0.3, 0.4) is 0 Å². The minimum Gasteiger partial charge on any atom is -0.480 e. The van der Waals surface area contributed by atoms with Gasteiger partial charge in [-0.05, 0) is 49.4 Å². The second-order valence-corrected chi connectivity index (χ2v) is 8.22. The van der Waals surface area contributed by atoms with Crippen molar-refractivity contribution < 1.29 is 19.1 Å². The van der Waals surface area contributed by atoms with Crippen LogP contribution in [-0.4, -0.2) is 71.6 Å². The maximum atomic E-state index is 13.1. The number of piperazine rings is 1. The SMILES string of the molecule is O=C(O)C1CC2CCCCC2N1CC(=O)N1CCN(c2ccc(F)cc2)CC1. The predicted octanol–water partition coefficient (Wildman–Crippen LogP) is 2.19. The van der Waals surface area contributed by atoms with Crippen LogP contribution >= 0.6 is 0 Å². The highest BCUT2D eigenvalue weighted by Crippen LogP contribution is 2.39. The van der Waals surface area contributed by atoms with E-state index in [1.165, 1.54) is 18.6 Å². The lowest BCUT2D eigenvalue weighted by Crippen LogP contribution is -2.53. The Balaban J connectivity index is 1.36. The minimum absolute atomic E-state index is 0.0243. The summed E-state index contributed by atoms with van der Waals surface area (Å²) in [6.07, 6.45) is 5.04. The first-order valence-corrected chi connectivity index (χ1v) is 10.3. The molecule has 6 nitrogen and oxygen atoms in total. The van der Waals surface area contributed by atoms with Crippen molar-refractivity contribution in [3.8, 4) is 0 Å². The fourth-order valence-electron chi connectivity index (χ4n) is 5.15. The highest BCUT2D eigenvalue weighted by Gasteiger charge is 2.46. The number of likely N-dealkylation sites (tertiary alicyclic amines) is 1. The molecular formula is C21H28FN3O3. The Morgan fingerprint density at radius 2 is 1.71 bits per heavy atom. The molecule has 1 aromatic rings. The molecular weight excluding hydrogens is 361 g/mol. The predicted molar refractivity (Wildman–Crippen MR) is 104 cm³/mol. The van der Waals surface area contributed by atoms with Gasteiger partial charge in [0.1, 0.15) is 11.9 Å². The Labute approximate surface area is 164 Å². The van der Waals surface area contributed by atoms with Gasteiger partial charge in [-0.3, -0.25) is 14.5 Å². The number of hydrogen-bond donors (Lipinski definition) is 1. The van der Waals surface area contributed by atoms with Crippen LogP contribution < -0.4 is 4.90 Å². The zero-order valence-corrected chi connectivity index (χ0v) is 16.1. The lowest BCUT2D eigenvalue weighted by atomic mass is 9.85. The number of carboxylic acid groups (broad SMARTS) is 1. The molecule has 1 saturated carbocycles. The van der Waals surface area contributed by atoms with Gasteiger partial charge in [-0.2, -0.15) is 0 Å². The first-order chi connectivity index (χ1) is 13.5. The van der Waals surface area contributed by atoms with E-state index in [4.69, 9.17) is 0 Å². The molecule has 3 aliphatic rings. The number of fused-ring (bicyclic) bond motifs is 1. The standard InChI is InChI=1S/C21H28FN3O3/c22-16-5-7-17(8-6-16)23-9-11-24(12-10-23)20(26)14-25-18-4-2-1-3-15(18)13-19(25)21(27)28/h5-8,15,18-19H,1-4,9-14H2,(H,27,28). The van der Waals surface area contributed by atoms with Gasteiger partial charge in [-0.15, -0.1) is 0 Å². The third-order valence-corrected chi connectivity index (χ3v) is 6.65. The number of nitrogens with zero attached hydrogens (tertiary/aromatic N) is 3. The summed E-state index contributed by atoms with van der Waals surface area (Å²) in [4.78, 5) is 30.6. The van der Waals surface area contributed by atoms with Crippen molar-refractivity contribution in [1.82, 2.24) is 9.80 Å². The molecule has 3 fully saturated rings. The molecule has 0 aromatic heterocycles. The van der Waals surface area contributed by atoms with Crippen molar-refractivity contribution in [3.63, 3.8) is 0 Å². The number of benzene rings is 1. The molecule has 1 amide bonds. The van der Waals surface area contributed by atoms with E-state index in [1.807, 2.05) is 9.80 Å². The van der Waals surface area contributed by atoms with Gasteiger partial charge in [0, 0.05) is 37.9 Å². The average molecular weight is 389 g/mol. The molecule has 4 rings (SSSR count). The van der Waals surface area contributed by atoms with Crippen LogP contribution in [0.25, 0.3) is 0 Å². The molecule has 3 unspecified atom stereocenters. The second-order valence-electron chi connectivity index (χ2n) is 8.22. The molecule has 2 saturated heterocycles. The van der Waals surface area contributed by atoms with E-state index in [2.05, 4.69) is 4.90 Å². The molecule has 28 heavy (non-hydrogen) atoms. The first-order valence-electron chi connectivity index (χ1n) is 10.3. The number of halogens is 1. The van der Waals surface area contributed by atoms with Gasteiger partial charge in [0.2, 0.25) is 5.91 Å². The zero-order valence-electron chi connectivity index (χ0n) is 16.1. The van der Waals surface area contributed by atoms with Gasteiger partial charge in [-0.1, -0.05) is 12.8 Å². The maximum absolute atomic E-state index is 13.1.